The van der Waals surface area contributed by atoms with E-state index in [2.05, 4.69) is 0 Å². The minimum atomic E-state index is -1.77. The Hall–Kier alpha value is -1.06. The van der Waals surface area contributed by atoms with Crippen LogP contribution in [0, 0.1) is 0 Å². The van der Waals surface area contributed by atoms with Crippen LogP contribution in [0.2, 0.25) is 0 Å². The number of benzene rings is 1. The van der Waals surface area contributed by atoms with Crippen LogP contribution in [0.1, 0.15) is 18.9 Å². The zero-order chi connectivity index (χ0) is 13.1. The molecule has 1 aromatic rings. The highest BCUT2D eigenvalue weighted by molar-refractivity contribution is 6.67. The van der Waals surface area contributed by atoms with Crippen LogP contribution < -0.4 is 0 Å². The van der Waals surface area contributed by atoms with E-state index < -0.39 is 22.0 Å². The molecule has 0 fully saturated rings. The molecule has 0 spiro atoms. The van der Waals surface area contributed by atoms with Gasteiger partial charge in [0.1, 0.15) is 0 Å². The van der Waals surface area contributed by atoms with Crippen molar-refractivity contribution in [3.63, 3.8) is 0 Å². The predicted molar refractivity (Wildman–Crippen MR) is 66.5 cm³/mol. The molecule has 0 saturated carbocycles. The van der Waals surface area contributed by atoms with Gasteiger partial charge in [0.2, 0.25) is 5.24 Å². The van der Waals surface area contributed by atoms with E-state index in [-0.39, 0.29) is 6.42 Å². The molecule has 0 aliphatic heterocycles. The molecule has 0 bridgehead atoms. The summed E-state index contributed by atoms with van der Waals surface area (Å²) in [6.45, 7) is 1.63. The molecule has 0 radical (unpaired) electrons. The van der Waals surface area contributed by atoms with E-state index in [4.69, 9.17) is 23.2 Å². The fraction of sp³-hybridized carbons (Fsp3) is 0.333. The Labute approximate surface area is 109 Å². The van der Waals surface area contributed by atoms with Crippen LogP contribution in [0.25, 0.3) is 0 Å². The van der Waals surface area contributed by atoms with Gasteiger partial charge in [0.25, 0.3) is 0 Å². The molecule has 0 amide bonds. The number of carboxylic acid groups (broad SMARTS) is 1. The second kappa shape index (κ2) is 5.52. The molecule has 2 unspecified atom stereocenters. The first-order valence-electron chi connectivity index (χ1n) is 5.04. The molecule has 0 aliphatic rings. The minimum absolute atomic E-state index is 0.0454. The summed E-state index contributed by atoms with van der Waals surface area (Å²) in [5, 5.41) is 7.93. The van der Waals surface area contributed by atoms with Crippen LogP contribution >= 0.6 is 23.2 Å². The standard InChI is InChI=1S/C12H12Cl2O3/c1-8(13)7-12(10(14)15,11(16)17)9-5-3-2-4-6-9/h2-6,8H,7H2,1H3,(H,16,17). The molecule has 1 aromatic carbocycles. The number of rotatable bonds is 5. The number of aliphatic carboxylic acids is 1. The third-order valence-electron chi connectivity index (χ3n) is 2.55. The normalized spacial score (nSPS) is 15.9. The summed E-state index contributed by atoms with van der Waals surface area (Å²) in [7, 11) is 0. The van der Waals surface area contributed by atoms with Gasteiger partial charge in [0.15, 0.2) is 5.41 Å². The van der Waals surface area contributed by atoms with Crippen molar-refractivity contribution in [2.75, 3.05) is 0 Å². The fourth-order valence-electron chi connectivity index (χ4n) is 1.75. The molecule has 2 atom stereocenters. The highest BCUT2D eigenvalue weighted by Gasteiger charge is 2.47. The number of carboxylic acids is 1. The summed E-state index contributed by atoms with van der Waals surface area (Å²) in [4.78, 5) is 23.0. The zero-order valence-corrected chi connectivity index (χ0v) is 10.7. The molecule has 0 aliphatic carbocycles. The van der Waals surface area contributed by atoms with Crippen molar-refractivity contribution < 1.29 is 14.7 Å². The zero-order valence-electron chi connectivity index (χ0n) is 9.19. The third kappa shape index (κ3) is 2.79. The highest BCUT2D eigenvalue weighted by Crippen LogP contribution is 2.33. The largest absolute Gasteiger partial charge is 0.480 e. The number of alkyl halides is 1. The van der Waals surface area contributed by atoms with Gasteiger partial charge in [-0.1, -0.05) is 30.3 Å². The summed E-state index contributed by atoms with van der Waals surface area (Å²) in [6, 6.07) is 8.18. The summed E-state index contributed by atoms with van der Waals surface area (Å²) in [5.41, 5.74) is -1.43. The molecule has 92 valence electrons. The number of carbonyl (C=O) groups excluding carboxylic acids is 1. The Morgan fingerprint density at radius 3 is 2.24 bits per heavy atom. The van der Waals surface area contributed by atoms with Crippen molar-refractivity contribution in [2.45, 2.75) is 24.1 Å². The molecule has 0 aromatic heterocycles. The van der Waals surface area contributed by atoms with Gasteiger partial charge in [-0.05, 0) is 30.5 Å². The number of halogens is 2. The maximum atomic E-state index is 11.6. The molecule has 1 rings (SSSR count). The van der Waals surface area contributed by atoms with E-state index in [1.165, 1.54) is 0 Å². The molecule has 5 heteroatoms. The van der Waals surface area contributed by atoms with E-state index in [1.807, 2.05) is 0 Å². The maximum absolute atomic E-state index is 11.6. The third-order valence-corrected chi connectivity index (χ3v) is 3.03. The van der Waals surface area contributed by atoms with E-state index >= 15 is 0 Å². The lowest BCUT2D eigenvalue weighted by Gasteiger charge is -2.26. The maximum Gasteiger partial charge on any atom is 0.323 e. The van der Waals surface area contributed by atoms with Crippen molar-refractivity contribution in [2.24, 2.45) is 0 Å². The first kappa shape index (κ1) is 14.0. The summed E-state index contributed by atoms with van der Waals surface area (Å²) in [6.07, 6.45) is -0.0454. The van der Waals surface area contributed by atoms with Gasteiger partial charge in [-0.2, -0.15) is 0 Å². The first-order chi connectivity index (χ1) is 7.91. The Balaban J connectivity index is 3.35. The summed E-state index contributed by atoms with van der Waals surface area (Å²) >= 11 is 11.3. The van der Waals surface area contributed by atoms with E-state index in [1.54, 1.807) is 37.3 Å². The van der Waals surface area contributed by atoms with Crippen LogP contribution in [0.3, 0.4) is 0 Å². The average molecular weight is 275 g/mol. The first-order valence-corrected chi connectivity index (χ1v) is 5.85. The van der Waals surface area contributed by atoms with Crippen LogP contribution in [0.15, 0.2) is 30.3 Å². The second-order valence-corrected chi connectivity index (χ2v) is 4.92. The molecular weight excluding hydrogens is 263 g/mol. The van der Waals surface area contributed by atoms with Crippen molar-refractivity contribution in [1.82, 2.24) is 0 Å². The molecule has 1 N–H and O–H groups in total. The lowest BCUT2D eigenvalue weighted by molar-refractivity contribution is -0.147. The van der Waals surface area contributed by atoms with E-state index in [9.17, 15) is 14.7 Å². The van der Waals surface area contributed by atoms with E-state index in [0.29, 0.717) is 5.56 Å². The minimum Gasteiger partial charge on any atom is -0.480 e. The van der Waals surface area contributed by atoms with Gasteiger partial charge in [-0.3, -0.25) is 9.59 Å². The topological polar surface area (TPSA) is 54.4 Å². The van der Waals surface area contributed by atoms with Crippen molar-refractivity contribution >= 4 is 34.4 Å². The van der Waals surface area contributed by atoms with Gasteiger partial charge >= 0.3 is 5.97 Å². The molecule has 0 heterocycles. The SMILES string of the molecule is CC(Cl)CC(C(=O)O)(C(=O)Cl)c1ccccc1. The number of hydrogen-bond donors (Lipinski definition) is 1. The van der Waals surface area contributed by atoms with E-state index in [0.717, 1.165) is 0 Å². The Bertz CT molecular complexity index is 401. The lowest BCUT2D eigenvalue weighted by Crippen LogP contribution is -2.43. The van der Waals surface area contributed by atoms with Crippen molar-refractivity contribution in [1.29, 1.82) is 0 Å². The molecule has 3 nitrogen and oxygen atoms in total. The quantitative estimate of drug-likeness (QED) is 0.510. The van der Waals surface area contributed by atoms with Gasteiger partial charge in [-0.25, -0.2) is 0 Å². The molecule has 0 saturated heterocycles. The highest BCUT2D eigenvalue weighted by atomic mass is 35.5. The van der Waals surface area contributed by atoms with Crippen LogP contribution in [0.5, 0.6) is 0 Å². The Morgan fingerprint density at radius 2 is 1.88 bits per heavy atom. The molecular formula is C12H12Cl2O3. The van der Waals surface area contributed by atoms with Crippen molar-refractivity contribution in [3.8, 4) is 0 Å². The van der Waals surface area contributed by atoms with Gasteiger partial charge < -0.3 is 5.11 Å². The van der Waals surface area contributed by atoms with Gasteiger partial charge in [-0.15, -0.1) is 11.6 Å². The van der Waals surface area contributed by atoms with Crippen LogP contribution in [0.4, 0.5) is 0 Å². The van der Waals surface area contributed by atoms with Gasteiger partial charge in [0, 0.05) is 5.38 Å². The Morgan fingerprint density at radius 1 is 1.35 bits per heavy atom. The summed E-state index contributed by atoms with van der Waals surface area (Å²) < 4.78 is 0. The van der Waals surface area contributed by atoms with Gasteiger partial charge in [0.05, 0.1) is 0 Å². The predicted octanol–water partition coefficient (Wildman–Crippen LogP) is 2.79. The summed E-state index contributed by atoms with van der Waals surface area (Å²) in [5.74, 6) is -1.28. The monoisotopic (exact) mass is 274 g/mol. The Kier molecular flexibility index (Phi) is 4.54. The average Bonchev–Trinajstić information content (AvgIpc) is 2.25. The lowest BCUT2D eigenvalue weighted by atomic mass is 9.78. The fourth-order valence-corrected chi connectivity index (χ4v) is 2.25. The van der Waals surface area contributed by atoms with Crippen molar-refractivity contribution in [3.05, 3.63) is 35.9 Å². The van der Waals surface area contributed by atoms with Crippen LogP contribution in [-0.4, -0.2) is 21.7 Å². The van der Waals surface area contributed by atoms with Crippen LogP contribution in [-0.2, 0) is 15.0 Å². The second-order valence-electron chi connectivity index (χ2n) is 3.84. The smallest absolute Gasteiger partial charge is 0.323 e. The molecule has 17 heavy (non-hydrogen) atoms. The number of carbonyl (C=O) groups is 2. The number of hydrogen-bond acceptors (Lipinski definition) is 2.